The van der Waals surface area contributed by atoms with Gasteiger partial charge in [-0.05, 0) is 44.0 Å². The number of aryl methyl sites for hydroxylation is 1. The fourth-order valence-corrected chi connectivity index (χ4v) is 3.12. The molecule has 0 N–H and O–H groups in total. The molecule has 124 valence electrons. The Labute approximate surface area is 141 Å². The number of fused-ring (bicyclic) bond motifs is 1. The van der Waals surface area contributed by atoms with Crippen LogP contribution in [0.1, 0.15) is 57.4 Å². The van der Waals surface area contributed by atoms with Gasteiger partial charge in [0.2, 0.25) is 0 Å². The van der Waals surface area contributed by atoms with Crippen LogP contribution in [0.3, 0.4) is 0 Å². The molecule has 0 saturated carbocycles. The lowest BCUT2D eigenvalue weighted by Gasteiger charge is -2.25. The van der Waals surface area contributed by atoms with Crippen LogP contribution in [0.4, 0.5) is 0 Å². The highest BCUT2D eigenvalue weighted by Crippen LogP contribution is 2.33. The van der Waals surface area contributed by atoms with Crippen LogP contribution in [0.2, 0.25) is 0 Å². The Kier molecular flexibility index (Phi) is 4.34. The molecule has 1 aromatic heterocycles. The Balaban J connectivity index is 1.89. The number of carbonyl (C=O) groups excluding carboxylic acids is 2. The molecule has 2 heterocycles. The van der Waals surface area contributed by atoms with Gasteiger partial charge in [-0.1, -0.05) is 12.1 Å². The van der Waals surface area contributed by atoms with Gasteiger partial charge >= 0.3 is 0 Å². The van der Waals surface area contributed by atoms with Gasteiger partial charge < -0.3 is 9.64 Å². The Bertz CT molecular complexity index is 801. The molecule has 1 aliphatic heterocycles. The second kappa shape index (κ2) is 6.43. The summed E-state index contributed by atoms with van der Waals surface area (Å²) < 4.78 is 5.57. The fourth-order valence-electron chi connectivity index (χ4n) is 3.12. The van der Waals surface area contributed by atoms with Crippen molar-refractivity contribution in [3.05, 3.63) is 58.4 Å². The van der Waals surface area contributed by atoms with Crippen LogP contribution in [0.25, 0.3) is 0 Å². The number of aldehydes is 1. The van der Waals surface area contributed by atoms with E-state index >= 15 is 0 Å². The van der Waals surface area contributed by atoms with E-state index < -0.39 is 0 Å². The third-order valence-electron chi connectivity index (χ3n) is 4.47. The second-order valence-corrected chi connectivity index (χ2v) is 5.91. The van der Waals surface area contributed by atoms with Crippen LogP contribution >= 0.6 is 0 Å². The first-order valence-electron chi connectivity index (χ1n) is 8.04. The minimum Gasteiger partial charge on any atom is -0.494 e. The van der Waals surface area contributed by atoms with Crippen LogP contribution in [0.5, 0.6) is 5.75 Å². The zero-order valence-electron chi connectivity index (χ0n) is 14.1. The van der Waals surface area contributed by atoms with E-state index in [1.807, 2.05) is 39.0 Å². The molecule has 1 amide bonds. The lowest BCUT2D eigenvalue weighted by molar-refractivity contribution is 0.0715. The molecule has 0 radical (unpaired) electrons. The summed E-state index contributed by atoms with van der Waals surface area (Å²) in [5.74, 6) is 0.798. The molecule has 0 spiro atoms. The van der Waals surface area contributed by atoms with Crippen LogP contribution in [0.15, 0.2) is 30.5 Å². The Morgan fingerprint density at radius 3 is 2.83 bits per heavy atom. The summed E-state index contributed by atoms with van der Waals surface area (Å²) >= 11 is 0. The van der Waals surface area contributed by atoms with Gasteiger partial charge in [0.1, 0.15) is 11.4 Å². The normalized spacial score (nSPS) is 14.5. The highest BCUT2D eigenvalue weighted by molar-refractivity contribution is 6.00. The minimum absolute atomic E-state index is 0.0606. The van der Waals surface area contributed by atoms with Gasteiger partial charge in [-0.25, -0.2) is 0 Å². The first-order chi connectivity index (χ1) is 11.6. The minimum atomic E-state index is -0.0984. The van der Waals surface area contributed by atoms with Crippen molar-refractivity contribution in [2.24, 2.45) is 0 Å². The maximum Gasteiger partial charge on any atom is 0.255 e. The summed E-state index contributed by atoms with van der Waals surface area (Å²) in [5.41, 5.74) is 3.71. The van der Waals surface area contributed by atoms with E-state index in [1.54, 1.807) is 11.0 Å². The third-order valence-corrected chi connectivity index (χ3v) is 4.47. The first kappa shape index (κ1) is 16.2. The van der Waals surface area contributed by atoms with E-state index in [-0.39, 0.29) is 11.9 Å². The lowest BCUT2D eigenvalue weighted by Crippen LogP contribution is -2.27. The molecular weight excluding hydrogens is 304 g/mol. The Morgan fingerprint density at radius 1 is 1.38 bits per heavy atom. The van der Waals surface area contributed by atoms with Gasteiger partial charge in [0, 0.05) is 23.9 Å². The number of pyridine rings is 1. The molecule has 1 unspecified atom stereocenters. The van der Waals surface area contributed by atoms with Crippen molar-refractivity contribution in [1.82, 2.24) is 9.88 Å². The molecule has 24 heavy (non-hydrogen) atoms. The Hall–Kier alpha value is -2.69. The summed E-state index contributed by atoms with van der Waals surface area (Å²) in [6.45, 7) is 6.97. The van der Waals surface area contributed by atoms with Crippen molar-refractivity contribution in [3.8, 4) is 5.75 Å². The summed E-state index contributed by atoms with van der Waals surface area (Å²) in [6, 6.07) is 7.55. The molecule has 1 atom stereocenters. The van der Waals surface area contributed by atoms with Crippen molar-refractivity contribution in [3.63, 3.8) is 0 Å². The molecule has 5 heteroatoms. The van der Waals surface area contributed by atoms with Gasteiger partial charge in [-0.2, -0.15) is 0 Å². The Morgan fingerprint density at radius 2 is 2.17 bits per heavy atom. The van der Waals surface area contributed by atoms with Gasteiger partial charge in [0.25, 0.3) is 5.91 Å². The first-order valence-corrected chi connectivity index (χ1v) is 8.04. The lowest BCUT2D eigenvalue weighted by atomic mass is 10.0. The molecule has 0 bridgehead atoms. The van der Waals surface area contributed by atoms with E-state index in [4.69, 9.17) is 4.74 Å². The number of hydrogen-bond donors (Lipinski definition) is 0. The summed E-state index contributed by atoms with van der Waals surface area (Å²) in [7, 11) is 0. The molecule has 2 aromatic rings. The summed E-state index contributed by atoms with van der Waals surface area (Å²) in [5, 5.41) is 0. The van der Waals surface area contributed by atoms with Crippen LogP contribution in [-0.2, 0) is 6.54 Å². The molecule has 0 aliphatic carbocycles. The van der Waals surface area contributed by atoms with E-state index in [0.29, 0.717) is 36.3 Å². The molecule has 1 aliphatic rings. The van der Waals surface area contributed by atoms with Crippen molar-refractivity contribution in [2.75, 3.05) is 6.61 Å². The summed E-state index contributed by atoms with van der Waals surface area (Å²) in [4.78, 5) is 29.7. The number of hydrogen-bond acceptors (Lipinski definition) is 4. The standard InChI is InChI=1S/C19H20N2O3/c1-4-24-18-6-5-14(9-12(18)2)13(3)21-10-16-15(19(21)23)7-8-20-17(16)11-22/h5-9,11,13H,4,10H2,1-3H3. The number of nitrogens with zero attached hydrogens (tertiary/aromatic N) is 2. The van der Waals surface area contributed by atoms with E-state index in [0.717, 1.165) is 16.9 Å². The van der Waals surface area contributed by atoms with Crippen molar-refractivity contribution in [2.45, 2.75) is 33.4 Å². The number of amides is 1. The maximum atomic E-state index is 12.7. The fraction of sp³-hybridized carbons (Fsp3) is 0.316. The van der Waals surface area contributed by atoms with Crippen LogP contribution in [0, 0.1) is 6.92 Å². The average molecular weight is 324 g/mol. The topological polar surface area (TPSA) is 59.5 Å². The predicted molar refractivity (Wildman–Crippen MR) is 90.3 cm³/mol. The van der Waals surface area contributed by atoms with Crippen LogP contribution < -0.4 is 4.74 Å². The van der Waals surface area contributed by atoms with Crippen molar-refractivity contribution >= 4 is 12.2 Å². The number of carbonyl (C=O) groups is 2. The number of ether oxygens (including phenoxy) is 1. The molecular formula is C19H20N2O3. The molecule has 3 rings (SSSR count). The monoisotopic (exact) mass is 324 g/mol. The van der Waals surface area contributed by atoms with Crippen LogP contribution in [-0.4, -0.2) is 28.7 Å². The van der Waals surface area contributed by atoms with Gasteiger partial charge in [-0.15, -0.1) is 0 Å². The van der Waals surface area contributed by atoms with Crippen molar-refractivity contribution in [1.29, 1.82) is 0 Å². The number of rotatable bonds is 5. The van der Waals surface area contributed by atoms with E-state index in [1.165, 1.54) is 6.20 Å². The molecule has 0 saturated heterocycles. The average Bonchev–Trinajstić information content (AvgIpc) is 2.93. The maximum absolute atomic E-state index is 12.7. The number of aromatic nitrogens is 1. The predicted octanol–water partition coefficient (Wildman–Crippen LogP) is 3.32. The molecule has 5 nitrogen and oxygen atoms in total. The van der Waals surface area contributed by atoms with Gasteiger partial charge in [0.05, 0.1) is 12.6 Å². The zero-order valence-corrected chi connectivity index (χ0v) is 14.1. The van der Waals surface area contributed by atoms with Crippen molar-refractivity contribution < 1.29 is 14.3 Å². The van der Waals surface area contributed by atoms with E-state index in [9.17, 15) is 9.59 Å². The quantitative estimate of drug-likeness (QED) is 0.792. The highest BCUT2D eigenvalue weighted by Gasteiger charge is 2.33. The largest absolute Gasteiger partial charge is 0.494 e. The molecule has 1 aromatic carbocycles. The summed E-state index contributed by atoms with van der Waals surface area (Å²) in [6.07, 6.45) is 2.22. The third kappa shape index (κ3) is 2.66. The SMILES string of the molecule is CCOc1ccc(C(C)N2Cc3c(ccnc3C=O)C2=O)cc1C. The van der Waals surface area contributed by atoms with E-state index in [2.05, 4.69) is 4.98 Å². The second-order valence-electron chi connectivity index (χ2n) is 5.91. The molecule has 0 fully saturated rings. The smallest absolute Gasteiger partial charge is 0.255 e. The van der Waals surface area contributed by atoms with Gasteiger partial charge in [-0.3, -0.25) is 14.6 Å². The zero-order chi connectivity index (χ0) is 17.3. The van der Waals surface area contributed by atoms with Gasteiger partial charge in [0.15, 0.2) is 6.29 Å². The highest BCUT2D eigenvalue weighted by atomic mass is 16.5. The number of benzene rings is 1.